The third-order valence-electron chi connectivity index (χ3n) is 2.10. The molecule has 90 valence electrons. The number of carbonyl (C=O) groups excluding carboxylic acids is 2. The molecule has 0 saturated carbocycles. The summed E-state index contributed by atoms with van der Waals surface area (Å²) in [4.78, 5) is 21.2. The average Bonchev–Trinajstić information content (AvgIpc) is 2.31. The summed E-state index contributed by atoms with van der Waals surface area (Å²) in [6.07, 6.45) is 3.72. The molecule has 5 heteroatoms. The van der Waals surface area contributed by atoms with Crippen LogP contribution in [-0.2, 0) is 4.79 Å². The first kappa shape index (κ1) is 12.8. The molecule has 0 heterocycles. The first-order valence-corrected chi connectivity index (χ1v) is 4.89. The van der Waals surface area contributed by atoms with Crippen molar-refractivity contribution in [2.45, 2.75) is 6.42 Å². The lowest BCUT2D eigenvalue weighted by Gasteiger charge is -2.07. The maximum Gasteiger partial charge on any atom is 0.221 e. The number of methoxy groups -OCH3 is 1. The largest absolute Gasteiger partial charge is 0.504 e. The van der Waals surface area contributed by atoms with Crippen molar-refractivity contribution in [1.29, 1.82) is 0 Å². The van der Waals surface area contributed by atoms with Crippen molar-refractivity contribution in [2.24, 2.45) is 5.73 Å². The van der Waals surface area contributed by atoms with Crippen LogP contribution in [0.15, 0.2) is 18.2 Å². The van der Waals surface area contributed by atoms with E-state index in [2.05, 4.69) is 0 Å². The summed E-state index contributed by atoms with van der Waals surface area (Å²) in [5, 5.41) is 9.77. The lowest BCUT2D eigenvalue weighted by molar-refractivity contribution is -0.117. The van der Waals surface area contributed by atoms with Crippen LogP contribution < -0.4 is 10.5 Å². The van der Waals surface area contributed by atoms with Crippen molar-refractivity contribution in [1.82, 2.24) is 0 Å². The molecular formula is C12H13NO4. The van der Waals surface area contributed by atoms with Crippen molar-refractivity contribution in [3.05, 3.63) is 29.3 Å². The minimum absolute atomic E-state index is 0.0626. The zero-order valence-corrected chi connectivity index (χ0v) is 9.34. The van der Waals surface area contributed by atoms with Gasteiger partial charge in [0.25, 0.3) is 0 Å². The Kier molecular flexibility index (Phi) is 4.28. The first-order valence-electron chi connectivity index (χ1n) is 4.89. The third-order valence-corrected chi connectivity index (χ3v) is 2.10. The van der Waals surface area contributed by atoms with Crippen molar-refractivity contribution in [3.8, 4) is 11.5 Å². The van der Waals surface area contributed by atoms with E-state index >= 15 is 0 Å². The summed E-state index contributed by atoms with van der Waals surface area (Å²) in [7, 11) is 1.39. The van der Waals surface area contributed by atoms with Crippen LogP contribution in [0.3, 0.4) is 0 Å². The molecule has 0 atom stereocenters. The average molecular weight is 235 g/mol. The SMILES string of the molecule is COc1cc(C=O)cc(C=CCC(N)=O)c1O. The number of amides is 1. The summed E-state index contributed by atoms with van der Waals surface area (Å²) in [5.74, 6) is -0.355. The van der Waals surface area contributed by atoms with Crippen molar-refractivity contribution in [2.75, 3.05) is 7.11 Å². The number of hydrogen-bond acceptors (Lipinski definition) is 4. The molecule has 0 unspecified atom stereocenters. The zero-order valence-electron chi connectivity index (χ0n) is 9.34. The molecule has 1 aromatic carbocycles. The summed E-state index contributed by atoms with van der Waals surface area (Å²) in [6.45, 7) is 0. The fraction of sp³-hybridized carbons (Fsp3) is 0.167. The highest BCUT2D eigenvalue weighted by atomic mass is 16.5. The van der Waals surface area contributed by atoms with Crippen molar-refractivity contribution >= 4 is 18.3 Å². The van der Waals surface area contributed by atoms with Gasteiger partial charge in [-0.3, -0.25) is 9.59 Å². The van der Waals surface area contributed by atoms with E-state index in [4.69, 9.17) is 10.5 Å². The number of phenols is 1. The number of ether oxygens (including phenoxy) is 1. The van der Waals surface area contributed by atoms with Crippen LogP contribution in [0, 0.1) is 0 Å². The predicted octanol–water partition coefficient (Wildman–Crippen LogP) is 1.10. The van der Waals surface area contributed by atoms with Crippen LogP contribution in [0.25, 0.3) is 6.08 Å². The number of carbonyl (C=O) groups is 2. The quantitative estimate of drug-likeness (QED) is 0.748. The van der Waals surface area contributed by atoms with E-state index in [1.807, 2.05) is 0 Å². The van der Waals surface area contributed by atoms with Gasteiger partial charge in [-0.15, -0.1) is 0 Å². The van der Waals surface area contributed by atoms with Gasteiger partial charge in [0.2, 0.25) is 5.91 Å². The van der Waals surface area contributed by atoms with E-state index in [0.717, 1.165) is 0 Å². The highest BCUT2D eigenvalue weighted by molar-refractivity contribution is 5.81. The Morgan fingerprint density at radius 1 is 1.53 bits per heavy atom. The number of benzene rings is 1. The maximum absolute atomic E-state index is 10.7. The molecule has 0 radical (unpaired) electrons. The van der Waals surface area contributed by atoms with Gasteiger partial charge in [-0.05, 0) is 12.1 Å². The Morgan fingerprint density at radius 3 is 2.76 bits per heavy atom. The third kappa shape index (κ3) is 3.34. The molecule has 17 heavy (non-hydrogen) atoms. The normalized spacial score (nSPS) is 10.4. The highest BCUT2D eigenvalue weighted by Crippen LogP contribution is 2.31. The van der Waals surface area contributed by atoms with Crippen molar-refractivity contribution < 1.29 is 19.4 Å². The van der Waals surface area contributed by atoms with Gasteiger partial charge in [-0.2, -0.15) is 0 Å². The first-order chi connectivity index (χ1) is 8.08. The molecule has 5 nitrogen and oxygen atoms in total. The number of phenolic OH excluding ortho intramolecular Hbond substituents is 1. The molecule has 0 saturated heterocycles. The number of aromatic hydroxyl groups is 1. The second-order valence-electron chi connectivity index (χ2n) is 3.35. The molecule has 1 amide bonds. The zero-order chi connectivity index (χ0) is 12.8. The molecular weight excluding hydrogens is 222 g/mol. The highest BCUT2D eigenvalue weighted by Gasteiger charge is 2.08. The number of rotatable bonds is 5. The Bertz CT molecular complexity index is 466. The number of aldehydes is 1. The Morgan fingerprint density at radius 2 is 2.24 bits per heavy atom. The summed E-state index contributed by atoms with van der Waals surface area (Å²) >= 11 is 0. The van der Waals surface area contributed by atoms with Gasteiger partial charge in [-0.25, -0.2) is 0 Å². The van der Waals surface area contributed by atoms with E-state index in [9.17, 15) is 14.7 Å². The molecule has 1 rings (SSSR count). The number of nitrogens with two attached hydrogens (primary N) is 1. The fourth-order valence-corrected chi connectivity index (χ4v) is 1.30. The van der Waals surface area contributed by atoms with Crippen molar-refractivity contribution in [3.63, 3.8) is 0 Å². The molecule has 1 aromatic rings. The molecule has 0 spiro atoms. The van der Waals surface area contributed by atoms with E-state index in [1.165, 1.54) is 31.4 Å². The molecule has 0 fully saturated rings. The molecule has 0 aromatic heterocycles. The van der Waals surface area contributed by atoms with E-state index in [0.29, 0.717) is 17.4 Å². The monoisotopic (exact) mass is 235 g/mol. The molecule has 3 N–H and O–H groups in total. The fourth-order valence-electron chi connectivity index (χ4n) is 1.30. The minimum Gasteiger partial charge on any atom is -0.504 e. The van der Waals surface area contributed by atoms with Crippen LogP contribution in [0.2, 0.25) is 0 Å². The van der Waals surface area contributed by atoms with Gasteiger partial charge in [0.05, 0.1) is 7.11 Å². The lowest BCUT2D eigenvalue weighted by atomic mass is 10.1. The summed E-state index contributed by atoms with van der Waals surface area (Å²) < 4.78 is 4.92. The van der Waals surface area contributed by atoms with Crippen LogP contribution in [0.4, 0.5) is 0 Å². The summed E-state index contributed by atoms with van der Waals surface area (Å²) in [6, 6.07) is 2.91. The van der Waals surface area contributed by atoms with Crippen LogP contribution >= 0.6 is 0 Å². The number of primary amides is 1. The second-order valence-corrected chi connectivity index (χ2v) is 3.35. The summed E-state index contributed by atoms with van der Waals surface area (Å²) in [5.41, 5.74) is 5.74. The van der Waals surface area contributed by atoms with E-state index in [-0.39, 0.29) is 17.9 Å². The maximum atomic E-state index is 10.7. The molecule has 0 aliphatic rings. The van der Waals surface area contributed by atoms with Gasteiger partial charge in [0.15, 0.2) is 11.5 Å². The molecule has 0 bridgehead atoms. The minimum atomic E-state index is -0.473. The Balaban J connectivity index is 3.09. The predicted molar refractivity (Wildman–Crippen MR) is 62.9 cm³/mol. The van der Waals surface area contributed by atoms with Gasteiger partial charge >= 0.3 is 0 Å². The lowest BCUT2D eigenvalue weighted by Crippen LogP contribution is -2.07. The molecule has 0 aliphatic heterocycles. The number of hydrogen-bond donors (Lipinski definition) is 2. The molecule has 0 aliphatic carbocycles. The smallest absolute Gasteiger partial charge is 0.221 e. The van der Waals surface area contributed by atoms with Crippen LogP contribution in [-0.4, -0.2) is 24.4 Å². The Labute approximate surface area is 98.5 Å². The van der Waals surface area contributed by atoms with Gasteiger partial charge in [-0.1, -0.05) is 12.2 Å². The second kappa shape index (κ2) is 5.69. The van der Waals surface area contributed by atoms with E-state index in [1.54, 1.807) is 0 Å². The Hall–Kier alpha value is -2.30. The van der Waals surface area contributed by atoms with Gasteiger partial charge in [0.1, 0.15) is 6.29 Å². The standard InChI is InChI=1S/C12H13NO4/c1-17-10-6-8(7-14)5-9(12(10)16)3-2-4-11(13)15/h2-3,5-7,16H,4H2,1H3,(H2,13,15). The van der Waals surface area contributed by atoms with Crippen LogP contribution in [0.5, 0.6) is 11.5 Å². The topological polar surface area (TPSA) is 89.6 Å². The van der Waals surface area contributed by atoms with Gasteiger partial charge in [0, 0.05) is 17.5 Å². The van der Waals surface area contributed by atoms with E-state index < -0.39 is 5.91 Å². The van der Waals surface area contributed by atoms with Crippen LogP contribution in [0.1, 0.15) is 22.3 Å². The van der Waals surface area contributed by atoms with Gasteiger partial charge < -0.3 is 15.6 Å².